The van der Waals surface area contributed by atoms with Crippen molar-refractivity contribution in [3.8, 4) is 0 Å². The number of nitrogens with zero attached hydrogens (tertiary/aromatic N) is 2. The second kappa shape index (κ2) is 5.36. The van der Waals surface area contributed by atoms with Crippen LogP contribution in [-0.4, -0.2) is 70.4 Å². The predicted octanol–water partition coefficient (Wildman–Crippen LogP) is 0.675. The molecular formula is C11H18N2O4S. The summed E-state index contributed by atoms with van der Waals surface area (Å²) in [5.41, 5.74) is 0. The molecule has 2 saturated heterocycles. The van der Waals surface area contributed by atoms with E-state index < -0.39 is 12.0 Å². The molecule has 1 N–H and O–H groups in total. The molecule has 2 unspecified atom stereocenters. The van der Waals surface area contributed by atoms with Crippen molar-refractivity contribution in [2.75, 3.05) is 25.3 Å². The SMILES string of the molecule is CC1OCCC1N(C)C(=O)N1CSC[C@H]1C(=O)O. The molecule has 2 rings (SSSR count). The van der Waals surface area contributed by atoms with Crippen molar-refractivity contribution in [3.05, 3.63) is 0 Å². The molecule has 2 aliphatic heterocycles. The van der Waals surface area contributed by atoms with Gasteiger partial charge in [0, 0.05) is 19.4 Å². The Bertz CT molecular complexity index is 352. The molecule has 0 aromatic carbocycles. The van der Waals surface area contributed by atoms with Crippen LogP contribution in [0.15, 0.2) is 0 Å². The maximum atomic E-state index is 12.3. The highest BCUT2D eigenvalue weighted by Gasteiger charge is 2.39. The molecule has 2 amide bonds. The minimum atomic E-state index is -0.933. The molecular weight excluding hydrogens is 256 g/mol. The monoisotopic (exact) mass is 274 g/mol. The zero-order valence-electron chi connectivity index (χ0n) is 10.5. The first-order valence-corrected chi connectivity index (χ1v) is 7.13. The van der Waals surface area contributed by atoms with E-state index in [2.05, 4.69) is 0 Å². The number of thioether (sulfide) groups is 1. The van der Waals surface area contributed by atoms with Gasteiger partial charge in [0.1, 0.15) is 6.04 Å². The largest absolute Gasteiger partial charge is 0.480 e. The van der Waals surface area contributed by atoms with Gasteiger partial charge in [-0.1, -0.05) is 0 Å². The van der Waals surface area contributed by atoms with E-state index in [-0.39, 0.29) is 18.2 Å². The minimum Gasteiger partial charge on any atom is -0.480 e. The molecule has 2 heterocycles. The summed E-state index contributed by atoms with van der Waals surface area (Å²) in [4.78, 5) is 26.4. The van der Waals surface area contributed by atoms with E-state index >= 15 is 0 Å². The number of amides is 2. The highest BCUT2D eigenvalue weighted by atomic mass is 32.2. The second-order valence-corrected chi connectivity index (χ2v) is 5.65. The summed E-state index contributed by atoms with van der Waals surface area (Å²) in [5.74, 6) is -0.0224. The Morgan fingerprint density at radius 2 is 2.22 bits per heavy atom. The van der Waals surface area contributed by atoms with E-state index in [0.717, 1.165) is 6.42 Å². The summed E-state index contributed by atoms with van der Waals surface area (Å²) in [6.45, 7) is 2.59. The van der Waals surface area contributed by atoms with Crippen LogP contribution < -0.4 is 0 Å². The third-order valence-corrected chi connectivity index (χ3v) is 4.56. The summed E-state index contributed by atoms with van der Waals surface area (Å²) < 4.78 is 5.44. The van der Waals surface area contributed by atoms with Gasteiger partial charge in [-0.2, -0.15) is 0 Å². The van der Waals surface area contributed by atoms with Crippen molar-refractivity contribution in [2.24, 2.45) is 0 Å². The van der Waals surface area contributed by atoms with Gasteiger partial charge >= 0.3 is 12.0 Å². The number of carbonyl (C=O) groups is 2. The van der Waals surface area contributed by atoms with Crippen LogP contribution in [0.25, 0.3) is 0 Å². The number of hydrogen-bond donors (Lipinski definition) is 1. The average Bonchev–Trinajstić information content (AvgIpc) is 2.95. The number of carboxylic acids is 1. The lowest BCUT2D eigenvalue weighted by molar-refractivity contribution is -0.141. The van der Waals surface area contributed by atoms with Gasteiger partial charge in [-0.15, -0.1) is 11.8 Å². The molecule has 7 heteroatoms. The number of carbonyl (C=O) groups excluding carboxylic acids is 1. The molecule has 0 radical (unpaired) electrons. The average molecular weight is 274 g/mol. The molecule has 0 saturated carbocycles. The van der Waals surface area contributed by atoms with Crippen LogP contribution in [0.4, 0.5) is 4.79 Å². The van der Waals surface area contributed by atoms with Gasteiger partial charge in [0.15, 0.2) is 0 Å². The van der Waals surface area contributed by atoms with Crippen LogP contribution in [0, 0.1) is 0 Å². The Morgan fingerprint density at radius 3 is 2.78 bits per heavy atom. The number of likely N-dealkylation sites (N-methyl/N-ethyl adjacent to an activating group) is 1. The third-order valence-electron chi connectivity index (χ3n) is 3.55. The van der Waals surface area contributed by atoms with Gasteiger partial charge in [-0.3, -0.25) is 0 Å². The molecule has 18 heavy (non-hydrogen) atoms. The van der Waals surface area contributed by atoms with Gasteiger partial charge in [0.2, 0.25) is 0 Å². The van der Waals surface area contributed by atoms with Crippen molar-refractivity contribution < 1.29 is 19.4 Å². The highest BCUT2D eigenvalue weighted by Crippen LogP contribution is 2.25. The summed E-state index contributed by atoms with van der Waals surface area (Å²) in [5, 5.41) is 9.08. The molecule has 6 nitrogen and oxygen atoms in total. The lowest BCUT2D eigenvalue weighted by Crippen LogP contribution is -2.51. The maximum Gasteiger partial charge on any atom is 0.327 e. The van der Waals surface area contributed by atoms with Gasteiger partial charge in [0.05, 0.1) is 18.0 Å². The standard InChI is InChI=1S/C11H18N2O4S/c1-7-8(3-4-17-7)12(2)11(16)13-6-18-5-9(13)10(14)15/h7-9H,3-6H2,1-2H3,(H,14,15)/t7?,8?,9-/m0/s1. The van der Waals surface area contributed by atoms with Crippen molar-refractivity contribution in [2.45, 2.75) is 31.5 Å². The second-order valence-electron chi connectivity index (χ2n) is 4.65. The number of carboxylic acid groups (broad SMARTS) is 1. The summed E-state index contributed by atoms with van der Waals surface area (Å²) in [6, 6.07) is -0.880. The van der Waals surface area contributed by atoms with Gasteiger partial charge in [0.25, 0.3) is 0 Å². The fraction of sp³-hybridized carbons (Fsp3) is 0.818. The van der Waals surface area contributed by atoms with E-state index in [1.165, 1.54) is 16.7 Å². The van der Waals surface area contributed by atoms with Crippen molar-refractivity contribution in [1.29, 1.82) is 0 Å². The van der Waals surface area contributed by atoms with Gasteiger partial charge in [-0.05, 0) is 13.3 Å². The van der Waals surface area contributed by atoms with Crippen LogP contribution in [0.2, 0.25) is 0 Å². The zero-order chi connectivity index (χ0) is 13.3. The number of urea groups is 1. The highest BCUT2D eigenvalue weighted by molar-refractivity contribution is 7.99. The van der Waals surface area contributed by atoms with Gasteiger partial charge < -0.3 is 19.6 Å². The fourth-order valence-corrected chi connectivity index (χ4v) is 3.55. The van der Waals surface area contributed by atoms with E-state index in [1.807, 2.05) is 6.92 Å². The molecule has 0 aromatic heterocycles. The van der Waals surface area contributed by atoms with Crippen molar-refractivity contribution >= 4 is 23.8 Å². The first-order chi connectivity index (χ1) is 8.52. The number of aliphatic carboxylic acids is 1. The van der Waals surface area contributed by atoms with E-state index in [0.29, 0.717) is 18.2 Å². The molecule has 0 aliphatic carbocycles. The van der Waals surface area contributed by atoms with Crippen LogP contribution in [0.1, 0.15) is 13.3 Å². The Hall–Kier alpha value is -0.950. The Morgan fingerprint density at radius 1 is 1.50 bits per heavy atom. The summed E-state index contributed by atoms with van der Waals surface area (Å²) >= 11 is 1.47. The smallest absolute Gasteiger partial charge is 0.327 e. The third kappa shape index (κ3) is 2.42. The molecule has 2 aliphatic rings. The molecule has 3 atom stereocenters. The Labute approximate surface area is 110 Å². The minimum absolute atomic E-state index is 0.0116. The normalized spacial score (nSPS) is 31.7. The van der Waals surface area contributed by atoms with Crippen LogP contribution in [0.3, 0.4) is 0 Å². The van der Waals surface area contributed by atoms with Crippen LogP contribution >= 0.6 is 11.8 Å². The van der Waals surface area contributed by atoms with Crippen molar-refractivity contribution in [3.63, 3.8) is 0 Å². The number of rotatable bonds is 2. The molecule has 2 fully saturated rings. The first kappa shape index (κ1) is 13.5. The lowest BCUT2D eigenvalue weighted by Gasteiger charge is -2.32. The van der Waals surface area contributed by atoms with E-state index in [9.17, 15) is 9.59 Å². The topological polar surface area (TPSA) is 70.1 Å². The maximum absolute atomic E-state index is 12.3. The van der Waals surface area contributed by atoms with E-state index in [1.54, 1.807) is 11.9 Å². The summed E-state index contributed by atoms with van der Waals surface area (Å²) in [6.07, 6.45) is 0.819. The van der Waals surface area contributed by atoms with Gasteiger partial charge in [-0.25, -0.2) is 9.59 Å². The quantitative estimate of drug-likeness (QED) is 0.801. The van der Waals surface area contributed by atoms with Crippen LogP contribution in [0.5, 0.6) is 0 Å². The predicted molar refractivity (Wildman–Crippen MR) is 67.6 cm³/mol. The first-order valence-electron chi connectivity index (χ1n) is 5.98. The molecule has 102 valence electrons. The van der Waals surface area contributed by atoms with Crippen LogP contribution in [-0.2, 0) is 9.53 Å². The number of hydrogen-bond acceptors (Lipinski definition) is 4. The fourth-order valence-electron chi connectivity index (χ4n) is 2.41. The Balaban J connectivity index is 2.04. The molecule has 0 aromatic rings. The molecule has 0 bridgehead atoms. The zero-order valence-corrected chi connectivity index (χ0v) is 11.4. The molecule has 0 spiro atoms. The van der Waals surface area contributed by atoms with Crippen molar-refractivity contribution in [1.82, 2.24) is 9.80 Å². The number of ether oxygens (including phenoxy) is 1. The lowest BCUT2D eigenvalue weighted by atomic mass is 10.1. The summed E-state index contributed by atoms with van der Waals surface area (Å²) in [7, 11) is 1.72. The Kier molecular flexibility index (Phi) is 4.01. The van der Waals surface area contributed by atoms with E-state index in [4.69, 9.17) is 9.84 Å².